The van der Waals surface area contributed by atoms with Gasteiger partial charge in [0.15, 0.2) is 0 Å². The Labute approximate surface area is 131 Å². The Morgan fingerprint density at radius 3 is 2.81 bits per heavy atom. The number of aryl methyl sites for hydroxylation is 2. The predicted molar refractivity (Wildman–Crippen MR) is 84.2 cm³/mol. The van der Waals surface area contributed by atoms with Crippen molar-refractivity contribution in [2.45, 2.75) is 33.4 Å². The molecule has 0 aliphatic heterocycles. The lowest BCUT2D eigenvalue weighted by atomic mass is 10.2. The second-order valence-corrected chi connectivity index (χ2v) is 6.29. The van der Waals surface area contributed by atoms with Crippen molar-refractivity contribution in [1.82, 2.24) is 14.8 Å². The number of nitrogens with zero attached hydrogens (tertiary/aromatic N) is 3. The van der Waals surface area contributed by atoms with Gasteiger partial charge in [0.05, 0.1) is 41.8 Å². The van der Waals surface area contributed by atoms with E-state index in [1.165, 1.54) is 6.20 Å². The molecule has 8 heteroatoms. The second-order valence-electron chi connectivity index (χ2n) is 4.67. The number of aliphatic hydroxyl groups excluding tert-OH is 1. The smallest absolute Gasteiger partial charge is 0.287 e. The molecular weight excluding hydrogens is 312 g/mol. The Bertz CT molecular complexity index is 698. The van der Waals surface area contributed by atoms with Gasteiger partial charge in [-0.15, -0.1) is 11.3 Å². The van der Waals surface area contributed by atoms with Crippen LogP contribution in [0.15, 0.2) is 11.0 Å². The number of thiazole rings is 1. The summed E-state index contributed by atoms with van der Waals surface area (Å²) in [4.78, 5) is 17.5. The van der Waals surface area contributed by atoms with Gasteiger partial charge < -0.3 is 10.4 Å². The van der Waals surface area contributed by atoms with Crippen molar-refractivity contribution in [2.75, 3.05) is 11.9 Å². The van der Waals surface area contributed by atoms with Crippen LogP contribution in [0.4, 0.5) is 5.69 Å². The Morgan fingerprint density at radius 1 is 1.52 bits per heavy atom. The number of aromatic nitrogens is 3. The Balaban J connectivity index is 2.26. The molecule has 1 atom stereocenters. The first-order chi connectivity index (χ1) is 9.93. The average Bonchev–Trinajstić information content (AvgIpc) is 2.77. The monoisotopic (exact) mass is 328 g/mol. The molecule has 0 aliphatic rings. The minimum Gasteiger partial charge on any atom is -0.394 e. The molecule has 2 N–H and O–H groups in total. The van der Waals surface area contributed by atoms with Crippen molar-refractivity contribution in [3.63, 3.8) is 0 Å². The van der Waals surface area contributed by atoms with E-state index in [2.05, 4.69) is 15.4 Å². The summed E-state index contributed by atoms with van der Waals surface area (Å²) in [6.07, 6.45) is 1.50. The molecular formula is C13H17ClN4O2S. The molecule has 0 amide bonds. The van der Waals surface area contributed by atoms with Crippen LogP contribution in [0.3, 0.4) is 0 Å². The summed E-state index contributed by atoms with van der Waals surface area (Å²) in [6.45, 7) is 5.86. The van der Waals surface area contributed by atoms with E-state index in [9.17, 15) is 4.79 Å². The van der Waals surface area contributed by atoms with Crippen molar-refractivity contribution in [3.8, 4) is 0 Å². The molecule has 0 radical (unpaired) electrons. The van der Waals surface area contributed by atoms with Crippen molar-refractivity contribution < 1.29 is 5.11 Å². The minimum absolute atomic E-state index is 0.0245. The SMILES string of the molecule is Cc1nc(C)c(C(C)Nc2cnn(CCO)c(=O)c2Cl)s1. The number of halogens is 1. The van der Waals surface area contributed by atoms with Gasteiger partial charge in [0.1, 0.15) is 5.02 Å². The van der Waals surface area contributed by atoms with Crippen molar-refractivity contribution >= 4 is 28.6 Å². The van der Waals surface area contributed by atoms with Crippen LogP contribution < -0.4 is 10.9 Å². The van der Waals surface area contributed by atoms with Gasteiger partial charge in [-0.2, -0.15) is 5.10 Å². The quantitative estimate of drug-likeness (QED) is 0.879. The first-order valence-electron chi connectivity index (χ1n) is 6.51. The molecule has 0 fully saturated rings. The third-order valence-corrected chi connectivity index (χ3v) is 4.62. The topological polar surface area (TPSA) is 80.0 Å². The van der Waals surface area contributed by atoms with Crippen LogP contribution in [0.25, 0.3) is 0 Å². The largest absolute Gasteiger partial charge is 0.394 e. The second kappa shape index (κ2) is 6.55. The molecule has 2 heterocycles. The van der Waals surface area contributed by atoms with Crippen molar-refractivity contribution in [2.24, 2.45) is 0 Å². The van der Waals surface area contributed by atoms with Gasteiger partial charge in [0, 0.05) is 4.88 Å². The Hall–Kier alpha value is -1.44. The molecule has 6 nitrogen and oxygen atoms in total. The van der Waals surface area contributed by atoms with Gasteiger partial charge in [-0.05, 0) is 20.8 Å². The molecule has 21 heavy (non-hydrogen) atoms. The fourth-order valence-corrected chi connectivity index (χ4v) is 3.20. The molecule has 2 aromatic heterocycles. The first kappa shape index (κ1) is 15.9. The summed E-state index contributed by atoms with van der Waals surface area (Å²) in [7, 11) is 0. The van der Waals surface area contributed by atoms with E-state index in [0.717, 1.165) is 20.3 Å². The summed E-state index contributed by atoms with van der Waals surface area (Å²) < 4.78 is 1.14. The van der Waals surface area contributed by atoms with E-state index in [0.29, 0.717) is 5.69 Å². The lowest BCUT2D eigenvalue weighted by Crippen LogP contribution is -2.26. The highest BCUT2D eigenvalue weighted by atomic mass is 35.5. The molecule has 0 aliphatic carbocycles. The summed E-state index contributed by atoms with van der Waals surface area (Å²) in [5.41, 5.74) is 1.03. The fraction of sp³-hybridized carbons (Fsp3) is 0.462. The third-order valence-electron chi connectivity index (χ3n) is 3.00. The maximum atomic E-state index is 12.0. The molecule has 1 unspecified atom stereocenters. The van der Waals surface area contributed by atoms with Crippen molar-refractivity contribution in [1.29, 1.82) is 0 Å². The molecule has 0 spiro atoms. The summed E-state index contributed by atoms with van der Waals surface area (Å²) in [5.74, 6) is 0. The minimum atomic E-state index is -0.417. The lowest BCUT2D eigenvalue weighted by molar-refractivity contribution is 0.266. The van der Waals surface area contributed by atoms with Crippen LogP contribution >= 0.6 is 22.9 Å². The Morgan fingerprint density at radius 2 is 2.24 bits per heavy atom. The highest BCUT2D eigenvalue weighted by Gasteiger charge is 2.16. The number of anilines is 1. The van der Waals surface area contributed by atoms with E-state index in [1.54, 1.807) is 11.3 Å². The number of nitrogens with one attached hydrogen (secondary N) is 1. The fourth-order valence-electron chi connectivity index (χ4n) is 2.07. The molecule has 0 saturated heterocycles. The summed E-state index contributed by atoms with van der Waals surface area (Å²) >= 11 is 7.69. The zero-order valence-corrected chi connectivity index (χ0v) is 13.6. The third kappa shape index (κ3) is 3.42. The van der Waals surface area contributed by atoms with Crippen LogP contribution in [0.5, 0.6) is 0 Å². The maximum absolute atomic E-state index is 12.0. The molecule has 2 aromatic rings. The highest BCUT2D eigenvalue weighted by molar-refractivity contribution is 7.11. The normalized spacial score (nSPS) is 12.4. The van der Waals surface area contributed by atoms with Crippen LogP contribution in [-0.2, 0) is 6.54 Å². The first-order valence-corrected chi connectivity index (χ1v) is 7.70. The molecule has 2 rings (SSSR count). The van der Waals surface area contributed by atoms with Gasteiger partial charge in [-0.25, -0.2) is 9.67 Å². The number of aliphatic hydroxyl groups is 1. The van der Waals surface area contributed by atoms with Crippen LogP contribution in [-0.4, -0.2) is 26.5 Å². The van der Waals surface area contributed by atoms with Gasteiger partial charge in [0.25, 0.3) is 5.56 Å². The van der Waals surface area contributed by atoms with Gasteiger partial charge in [-0.3, -0.25) is 4.79 Å². The Kier molecular flexibility index (Phi) is 4.97. The van der Waals surface area contributed by atoms with Crippen molar-refractivity contribution in [3.05, 3.63) is 37.2 Å². The molecule has 0 aromatic carbocycles. The number of rotatable bonds is 5. The average molecular weight is 329 g/mol. The summed E-state index contributed by atoms with van der Waals surface area (Å²) in [5, 5.41) is 17.1. The molecule has 0 saturated carbocycles. The van der Waals surface area contributed by atoms with Crippen LogP contribution in [0.1, 0.15) is 28.5 Å². The zero-order valence-electron chi connectivity index (χ0n) is 12.1. The number of hydrogen-bond acceptors (Lipinski definition) is 6. The predicted octanol–water partition coefficient (Wildman–Crippen LogP) is 2.14. The highest BCUT2D eigenvalue weighted by Crippen LogP contribution is 2.28. The zero-order chi connectivity index (χ0) is 15.6. The summed E-state index contributed by atoms with van der Waals surface area (Å²) in [6, 6.07) is -0.0245. The molecule has 0 bridgehead atoms. The van der Waals surface area contributed by atoms with E-state index in [1.807, 2.05) is 20.8 Å². The van der Waals surface area contributed by atoms with E-state index in [4.69, 9.17) is 16.7 Å². The standard InChI is InChI=1S/C13H17ClN4O2S/c1-7-12(21-9(3)16-7)8(2)17-10-6-15-18(4-5-19)13(20)11(10)14/h6,8,17,19H,4-5H2,1-3H3. The van der Waals surface area contributed by atoms with Crippen LogP contribution in [0, 0.1) is 13.8 Å². The van der Waals surface area contributed by atoms with E-state index < -0.39 is 5.56 Å². The van der Waals surface area contributed by atoms with Gasteiger partial charge in [0.2, 0.25) is 0 Å². The lowest BCUT2D eigenvalue weighted by Gasteiger charge is -2.15. The number of hydrogen-bond donors (Lipinski definition) is 2. The van der Waals surface area contributed by atoms with E-state index in [-0.39, 0.29) is 24.2 Å². The van der Waals surface area contributed by atoms with Crippen LogP contribution in [0.2, 0.25) is 5.02 Å². The molecule has 114 valence electrons. The van der Waals surface area contributed by atoms with E-state index >= 15 is 0 Å². The van der Waals surface area contributed by atoms with Gasteiger partial charge in [-0.1, -0.05) is 11.6 Å². The van der Waals surface area contributed by atoms with Gasteiger partial charge >= 0.3 is 0 Å². The maximum Gasteiger partial charge on any atom is 0.287 e.